The number of ether oxygens (including phenoxy) is 1. The number of rotatable bonds is 3. The summed E-state index contributed by atoms with van der Waals surface area (Å²) < 4.78 is 11.8. The van der Waals surface area contributed by atoms with Crippen LogP contribution in [0.25, 0.3) is 11.0 Å². The van der Waals surface area contributed by atoms with E-state index < -0.39 is 0 Å². The summed E-state index contributed by atoms with van der Waals surface area (Å²) in [4.78, 5) is 14.8. The van der Waals surface area contributed by atoms with Crippen LogP contribution in [0.2, 0.25) is 15.1 Å². The van der Waals surface area contributed by atoms with Gasteiger partial charge in [0.2, 0.25) is 0 Å². The zero-order valence-electron chi connectivity index (χ0n) is 16.3. The summed E-state index contributed by atoms with van der Waals surface area (Å²) in [7, 11) is 0. The third-order valence-corrected chi connectivity index (χ3v) is 6.87. The Morgan fingerprint density at radius 1 is 0.967 bits per heavy atom. The summed E-state index contributed by atoms with van der Waals surface area (Å²) in [6, 6.07) is 7.44. The predicted octanol–water partition coefficient (Wildman–Crippen LogP) is 6.03. The molecule has 156 valence electrons. The van der Waals surface area contributed by atoms with Gasteiger partial charge in [-0.15, -0.1) is 0 Å². The Bertz CT molecular complexity index is 1200. The molecule has 0 unspecified atom stereocenters. The molecule has 1 aliphatic carbocycles. The molecule has 4 nitrogen and oxygen atoms in total. The SMILES string of the molecule is O=c1oc2c3c(c(Cl)cc2c2c1CCCC2)OCN(CCc1ccc(Cl)cc1Cl)C3. The number of hydrogen-bond donors (Lipinski definition) is 0. The van der Waals surface area contributed by atoms with E-state index in [1.807, 2.05) is 18.2 Å². The molecule has 0 bridgehead atoms. The van der Waals surface area contributed by atoms with E-state index in [2.05, 4.69) is 4.90 Å². The fourth-order valence-corrected chi connectivity index (χ4v) is 5.24. The molecule has 5 rings (SSSR count). The van der Waals surface area contributed by atoms with Gasteiger partial charge in [0, 0.05) is 34.1 Å². The number of hydrogen-bond acceptors (Lipinski definition) is 4. The first-order valence-electron chi connectivity index (χ1n) is 10.1. The lowest BCUT2D eigenvalue weighted by Crippen LogP contribution is -2.34. The number of halogens is 3. The molecule has 2 aliphatic rings. The highest BCUT2D eigenvalue weighted by atomic mass is 35.5. The molecule has 0 atom stereocenters. The van der Waals surface area contributed by atoms with E-state index in [1.165, 1.54) is 0 Å². The maximum Gasteiger partial charge on any atom is 0.339 e. The van der Waals surface area contributed by atoms with Gasteiger partial charge in [-0.2, -0.15) is 0 Å². The highest BCUT2D eigenvalue weighted by molar-refractivity contribution is 6.35. The van der Waals surface area contributed by atoms with Crippen molar-refractivity contribution in [2.75, 3.05) is 13.3 Å². The van der Waals surface area contributed by atoms with Crippen molar-refractivity contribution < 1.29 is 9.15 Å². The van der Waals surface area contributed by atoms with Gasteiger partial charge >= 0.3 is 5.63 Å². The Morgan fingerprint density at radius 3 is 2.57 bits per heavy atom. The fourth-order valence-electron chi connectivity index (χ4n) is 4.46. The van der Waals surface area contributed by atoms with Crippen molar-refractivity contribution in [3.05, 3.63) is 72.0 Å². The third-order valence-electron chi connectivity index (χ3n) is 6.00. The lowest BCUT2D eigenvalue weighted by molar-refractivity contribution is 0.0968. The van der Waals surface area contributed by atoms with Gasteiger partial charge in [-0.05, 0) is 61.4 Å². The van der Waals surface area contributed by atoms with Crippen LogP contribution in [0, 0.1) is 0 Å². The molecule has 0 N–H and O–H groups in total. The maximum absolute atomic E-state index is 12.6. The highest BCUT2D eigenvalue weighted by Crippen LogP contribution is 2.40. The second-order valence-electron chi connectivity index (χ2n) is 7.91. The lowest BCUT2D eigenvalue weighted by Gasteiger charge is -2.30. The topological polar surface area (TPSA) is 42.7 Å². The minimum absolute atomic E-state index is 0.230. The van der Waals surface area contributed by atoms with E-state index in [9.17, 15) is 4.79 Å². The van der Waals surface area contributed by atoms with Gasteiger partial charge in [0.05, 0.1) is 10.6 Å². The van der Waals surface area contributed by atoms with Crippen molar-refractivity contribution in [2.45, 2.75) is 38.6 Å². The Morgan fingerprint density at radius 2 is 1.77 bits per heavy atom. The minimum atomic E-state index is -0.230. The van der Waals surface area contributed by atoms with Crippen LogP contribution in [0.5, 0.6) is 5.75 Å². The van der Waals surface area contributed by atoms with Gasteiger partial charge < -0.3 is 9.15 Å². The molecule has 0 saturated carbocycles. The van der Waals surface area contributed by atoms with Gasteiger partial charge in [0.25, 0.3) is 0 Å². The molecule has 0 radical (unpaired) electrons. The summed E-state index contributed by atoms with van der Waals surface area (Å²) in [5.74, 6) is 0.615. The first-order valence-corrected chi connectivity index (χ1v) is 11.2. The van der Waals surface area contributed by atoms with Crippen molar-refractivity contribution in [1.82, 2.24) is 4.90 Å². The second-order valence-corrected chi connectivity index (χ2v) is 9.16. The summed E-state index contributed by atoms with van der Waals surface area (Å²) in [5.41, 5.74) is 4.14. The van der Waals surface area contributed by atoms with Crippen molar-refractivity contribution >= 4 is 45.8 Å². The third kappa shape index (κ3) is 3.60. The fraction of sp³-hybridized carbons (Fsp3) is 0.348. The summed E-state index contributed by atoms with van der Waals surface area (Å²) >= 11 is 18.9. The van der Waals surface area contributed by atoms with Crippen molar-refractivity contribution in [3.8, 4) is 5.75 Å². The van der Waals surface area contributed by atoms with E-state index in [-0.39, 0.29) is 5.63 Å². The van der Waals surface area contributed by atoms with Crippen LogP contribution >= 0.6 is 34.8 Å². The quantitative estimate of drug-likeness (QED) is 0.444. The molecule has 0 saturated heterocycles. The number of benzene rings is 2. The normalized spacial score (nSPS) is 16.2. The zero-order chi connectivity index (χ0) is 20.8. The summed E-state index contributed by atoms with van der Waals surface area (Å²) in [6.07, 6.45) is 4.50. The Labute approximate surface area is 189 Å². The smallest absolute Gasteiger partial charge is 0.339 e. The largest absolute Gasteiger partial charge is 0.476 e. The average Bonchev–Trinajstić information content (AvgIpc) is 2.74. The molecule has 0 fully saturated rings. The molecular formula is C23H20Cl3NO3. The molecular weight excluding hydrogens is 445 g/mol. The van der Waals surface area contributed by atoms with Crippen molar-refractivity contribution in [1.29, 1.82) is 0 Å². The second kappa shape index (κ2) is 8.08. The van der Waals surface area contributed by atoms with E-state index >= 15 is 0 Å². The molecule has 3 aromatic rings. The van der Waals surface area contributed by atoms with Crippen LogP contribution in [0.3, 0.4) is 0 Å². The molecule has 7 heteroatoms. The minimum Gasteiger partial charge on any atom is -0.476 e. The van der Waals surface area contributed by atoms with Crippen LogP contribution in [0.4, 0.5) is 0 Å². The van der Waals surface area contributed by atoms with Crippen molar-refractivity contribution in [3.63, 3.8) is 0 Å². The van der Waals surface area contributed by atoms with Crippen LogP contribution < -0.4 is 10.4 Å². The molecule has 30 heavy (non-hydrogen) atoms. The van der Waals surface area contributed by atoms with Gasteiger partial charge in [-0.1, -0.05) is 40.9 Å². The Hall–Kier alpha value is -1.72. The number of nitrogens with zero attached hydrogens (tertiary/aromatic N) is 1. The van der Waals surface area contributed by atoms with Crippen LogP contribution in [0.1, 0.15) is 35.1 Å². The molecule has 0 spiro atoms. The van der Waals surface area contributed by atoms with E-state index in [1.54, 1.807) is 6.07 Å². The zero-order valence-corrected chi connectivity index (χ0v) is 18.5. The Balaban J connectivity index is 1.48. The first-order chi connectivity index (χ1) is 14.5. The lowest BCUT2D eigenvalue weighted by atomic mass is 9.90. The standard InChI is InChI=1S/C23H20Cl3NO3/c24-14-6-5-13(19(25)9-14)7-8-27-11-18-21-17(10-20(26)22(18)29-12-27)15-3-1-2-4-16(15)23(28)30-21/h5-6,9-10H,1-4,7-8,11-12H2. The molecule has 0 amide bonds. The van der Waals surface area contributed by atoms with Crippen LogP contribution in [-0.2, 0) is 25.8 Å². The van der Waals surface area contributed by atoms with Gasteiger partial charge in [0.15, 0.2) is 0 Å². The number of fused-ring (bicyclic) bond motifs is 5. The first kappa shape index (κ1) is 20.2. The average molecular weight is 465 g/mol. The van der Waals surface area contributed by atoms with E-state index in [4.69, 9.17) is 44.0 Å². The molecule has 2 aromatic carbocycles. The van der Waals surface area contributed by atoms with E-state index in [0.717, 1.165) is 66.3 Å². The summed E-state index contributed by atoms with van der Waals surface area (Å²) in [6.45, 7) is 1.75. The van der Waals surface area contributed by atoms with Gasteiger partial charge in [-0.25, -0.2) is 4.79 Å². The van der Waals surface area contributed by atoms with Gasteiger partial charge in [0.1, 0.15) is 18.1 Å². The maximum atomic E-state index is 12.6. The Kier molecular flexibility index (Phi) is 5.44. The monoisotopic (exact) mass is 463 g/mol. The molecule has 2 heterocycles. The number of aryl methyl sites for hydroxylation is 1. The van der Waals surface area contributed by atoms with Crippen LogP contribution in [-0.4, -0.2) is 18.2 Å². The van der Waals surface area contributed by atoms with Gasteiger partial charge in [-0.3, -0.25) is 4.90 Å². The van der Waals surface area contributed by atoms with Crippen LogP contribution in [0.15, 0.2) is 33.5 Å². The predicted molar refractivity (Wildman–Crippen MR) is 120 cm³/mol. The van der Waals surface area contributed by atoms with Crippen molar-refractivity contribution in [2.24, 2.45) is 0 Å². The van der Waals surface area contributed by atoms with E-state index in [0.29, 0.717) is 39.7 Å². The summed E-state index contributed by atoms with van der Waals surface area (Å²) in [5, 5.41) is 2.80. The highest BCUT2D eigenvalue weighted by Gasteiger charge is 2.27. The molecule has 1 aliphatic heterocycles. The molecule has 1 aromatic heterocycles.